The normalized spacial score (nSPS) is 12.4. The Morgan fingerprint density at radius 1 is 0.660 bits per heavy atom. The molecular weight excluding hydrogens is 1380 g/mol. The van der Waals surface area contributed by atoms with Crippen molar-refractivity contribution in [1.82, 2.24) is 0 Å². The first-order valence-corrected chi connectivity index (χ1v) is 31.7. The largest absolute Gasteiger partial charge is 1.00 e. The molecule has 0 aliphatic carbocycles. The van der Waals surface area contributed by atoms with Crippen molar-refractivity contribution >= 4 is 114 Å². The molecule has 3 heterocycles. The number of nitrogens with one attached hydrogen (secondary N) is 4. The van der Waals surface area contributed by atoms with E-state index in [4.69, 9.17) is 53.4 Å². The third-order valence-electron chi connectivity index (χ3n) is 13.4. The van der Waals surface area contributed by atoms with E-state index in [9.17, 15) is 45.9 Å². The summed E-state index contributed by atoms with van der Waals surface area (Å²) in [4.78, 5) is 56.9. The zero-order chi connectivity index (χ0) is 70.7. The number of hydrogen-bond acceptors (Lipinski definition) is 14. The molecule has 8 N–H and O–H groups in total. The number of carbonyl (C=O) groups is 5. The number of aryl methyl sites for hydroxylation is 4. The third-order valence-corrected chi connectivity index (χ3v) is 14.4. The van der Waals surface area contributed by atoms with Crippen molar-refractivity contribution in [3.8, 4) is 28.7 Å². The fourth-order valence-electron chi connectivity index (χ4n) is 9.05. The van der Waals surface area contributed by atoms with Gasteiger partial charge in [-0.25, -0.2) is 22.0 Å². The van der Waals surface area contributed by atoms with Gasteiger partial charge < -0.3 is 57.8 Å². The number of benzene rings is 7. The molecule has 0 fully saturated rings. The first kappa shape index (κ1) is 85.8. The van der Waals surface area contributed by atoms with Gasteiger partial charge in [-0.1, -0.05) is 69.6 Å². The summed E-state index contributed by atoms with van der Waals surface area (Å²) in [7, 11) is 0. The summed E-state index contributed by atoms with van der Waals surface area (Å²) in [6.07, 6.45) is 2.43. The van der Waals surface area contributed by atoms with Crippen LogP contribution in [0.25, 0.3) is 0 Å². The first-order chi connectivity index (χ1) is 44.7. The molecule has 97 heavy (non-hydrogen) atoms. The number of nitrogens with zero attached hydrogens (tertiary/aromatic N) is 1. The number of hydrogen-bond donors (Lipinski definition) is 7. The van der Waals surface area contributed by atoms with Crippen LogP contribution in [0.1, 0.15) is 106 Å². The van der Waals surface area contributed by atoms with Crippen molar-refractivity contribution in [2.45, 2.75) is 102 Å². The number of Topliss-reactive ketones (excluding diaryl/α,β-unsaturated/α-hetero) is 1. The van der Waals surface area contributed by atoms with Crippen LogP contribution in [0.4, 0.5) is 50.4 Å². The number of halogens is 8. The molecule has 0 spiro atoms. The third kappa shape index (κ3) is 31.4. The Bertz CT molecular complexity index is 3740. The van der Waals surface area contributed by atoms with Crippen LogP contribution in [0.3, 0.4) is 0 Å². The Labute approximate surface area is 606 Å². The molecule has 0 saturated heterocycles. The van der Waals surface area contributed by atoms with Crippen molar-refractivity contribution in [3.63, 3.8) is 0 Å². The van der Waals surface area contributed by atoms with E-state index in [0.717, 1.165) is 86.2 Å². The predicted molar refractivity (Wildman–Crippen MR) is 380 cm³/mol. The molecule has 2 amide bonds. The van der Waals surface area contributed by atoms with Crippen molar-refractivity contribution in [1.29, 1.82) is 0 Å². The molecule has 7 aromatic rings. The number of carbonyl (C=O) groups excluding carboxylic acids is 5. The second kappa shape index (κ2) is 41.8. The summed E-state index contributed by atoms with van der Waals surface area (Å²) in [6, 6.07) is 28.6. The monoisotopic (exact) mass is 1460 g/mol. The number of ketones is 1. The van der Waals surface area contributed by atoms with E-state index in [1.54, 1.807) is 18.2 Å². The van der Waals surface area contributed by atoms with Crippen molar-refractivity contribution in [3.05, 3.63) is 188 Å². The molecule has 0 atom stereocenters. The van der Waals surface area contributed by atoms with E-state index < -0.39 is 16.9 Å². The Morgan fingerprint density at radius 3 is 1.59 bits per heavy atom. The standard InChI is InChI=1S/C23H29FN2O2.C14H20BrNO.C9H8FNO2.C9H10FNO.C7H8FNO.C7H5FO2.C2H2Cl2O.Al.Li.4H/c1-15-10-19(11-16(2)22(15)25-21(27)13-23(3,4)5)26-8-9-28-20-12-18(24)7-6-17(20)14-26;1-9-6-11(15)7-10(2)13(9)16-12(17)8-14(3,4)5;10-6-1-2-8-9(3-6)13-5-7(12)4-11-8;10-7-2-3-8-9(6-7)12-5-1-4-11-8;2*8-6-2-1-5(4-9)7(10)3-6;3-1-2(4)5;;;;;;/h6-7,10-12H,8-9,13-14H2,1-5H3,(H,25,27);6-7H,8H2,1-5H3,(H,16,17);1-3,11H,4-5H2;2-3,6,11H,1,4-5H2;1-3,10H,4,9H2;1-4,10H;1H2;;;;;;/q;;;;;;;;+1;;;;-1. The summed E-state index contributed by atoms with van der Waals surface area (Å²) >= 11 is 13.0. The number of nitrogens with two attached hydrogens (primary N) is 1. The molecule has 0 aromatic heterocycles. The van der Waals surface area contributed by atoms with Crippen molar-refractivity contribution in [2.24, 2.45) is 16.6 Å². The maximum Gasteiger partial charge on any atom is 1.00 e. The summed E-state index contributed by atoms with van der Waals surface area (Å²) in [5.74, 6) is -0.716. The summed E-state index contributed by atoms with van der Waals surface area (Å²) in [5, 5.41) is 29.4. The van der Waals surface area contributed by atoms with E-state index in [1.807, 2.05) is 39.8 Å². The molecular formula is C71H86AlBrCl2F5LiN6O10. The number of aromatic hydroxyl groups is 2. The Morgan fingerprint density at radius 2 is 1.10 bits per heavy atom. The van der Waals surface area contributed by atoms with E-state index in [2.05, 4.69) is 95.8 Å². The van der Waals surface area contributed by atoms with Crippen LogP contribution in [0.2, 0.25) is 0 Å². The van der Waals surface area contributed by atoms with Gasteiger partial charge in [0.2, 0.25) is 17.1 Å². The van der Waals surface area contributed by atoms with Crippen LogP contribution in [-0.4, -0.2) is 102 Å². The van der Waals surface area contributed by atoms with Gasteiger partial charge in [0, 0.05) is 95.5 Å². The Hall–Kier alpha value is -7.31. The molecule has 0 radical (unpaired) electrons. The van der Waals surface area contributed by atoms with Crippen LogP contribution in [0.15, 0.2) is 120 Å². The maximum atomic E-state index is 13.5. The molecule has 3 aliphatic rings. The van der Waals surface area contributed by atoms with Crippen molar-refractivity contribution < 1.29 is 90.6 Å². The quantitative estimate of drug-likeness (QED) is 0.0247. The number of amides is 2. The van der Waals surface area contributed by atoms with Crippen LogP contribution in [-0.2, 0) is 32.3 Å². The van der Waals surface area contributed by atoms with Gasteiger partial charge >= 0.3 is 18.9 Å². The number of rotatable bonds is 8. The second-order valence-corrected chi connectivity index (χ2v) is 25.9. The fourth-order valence-corrected chi connectivity index (χ4v) is 9.74. The number of alkyl halides is 1. The molecule has 0 unspecified atom stereocenters. The molecule has 10 rings (SSSR count). The van der Waals surface area contributed by atoms with Crippen LogP contribution in [0.5, 0.6) is 28.7 Å². The van der Waals surface area contributed by atoms with Gasteiger partial charge in [0.25, 0.3) is 0 Å². The molecule has 3 aliphatic heterocycles. The van der Waals surface area contributed by atoms with Gasteiger partial charge in [0.15, 0.2) is 29.4 Å². The zero-order valence-corrected chi connectivity index (χ0v) is 58.8. The van der Waals surface area contributed by atoms with E-state index in [-0.39, 0.29) is 126 Å². The first-order valence-electron chi connectivity index (χ1n) is 30.0. The molecule has 520 valence electrons. The molecule has 0 saturated carbocycles. The number of anilines is 5. The number of phenols is 2. The van der Waals surface area contributed by atoms with E-state index >= 15 is 0 Å². The Balaban J connectivity index is 0.000000600. The summed E-state index contributed by atoms with van der Waals surface area (Å²) in [6.45, 7) is 24.3. The number of phenolic OH excluding ortho intramolecular Hbond substituents is 2. The minimum absolute atomic E-state index is 0. The molecule has 7 aromatic carbocycles. The van der Waals surface area contributed by atoms with E-state index in [0.29, 0.717) is 73.9 Å². The summed E-state index contributed by atoms with van der Waals surface area (Å²) < 4.78 is 80.6. The number of ether oxygens (including phenoxy) is 3. The van der Waals surface area contributed by atoms with E-state index in [1.165, 1.54) is 54.6 Å². The zero-order valence-electron chi connectivity index (χ0n) is 56.7. The average Bonchev–Trinajstić information content (AvgIpc) is 1.35. The summed E-state index contributed by atoms with van der Waals surface area (Å²) in [5.41, 5.74) is 15.5. The minimum atomic E-state index is -0.553. The van der Waals surface area contributed by atoms with Gasteiger partial charge in [-0.05, 0) is 152 Å². The molecule has 26 heteroatoms. The van der Waals surface area contributed by atoms with Gasteiger partial charge in [0.05, 0.1) is 42.5 Å². The topological polar surface area (TPSA) is 231 Å². The minimum Gasteiger partial charge on any atom is -1.00 e. The maximum absolute atomic E-state index is 13.5. The van der Waals surface area contributed by atoms with Gasteiger partial charge in [0.1, 0.15) is 71.0 Å². The van der Waals surface area contributed by atoms with Crippen LogP contribution in [0, 0.1) is 67.6 Å². The predicted octanol–water partition coefficient (Wildman–Crippen LogP) is 12.1. The average molecular weight is 1460 g/mol. The fraction of sp³-hybridized carbons (Fsp3) is 0.338. The van der Waals surface area contributed by atoms with Crippen LogP contribution < -0.4 is 65.0 Å². The van der Waals surface area contributed by atoms with Crippen LogP contribution >= 0.6 is 39.1 Å². The molecule has 16 nitrogen and oxygen atoms in total. The number of aldehydes is 1. The SMILES string of the molecule is Cc1cc(Br)cc(C)c1NC(=O)CC(C)(C)C.Cc1cc(N2CCOc3cc(F)ccc3C2)cc(C)c1NC(=O)CC(C)(C)C.Fc1ccc2c(c1)OCCCN2.NCc1ccc(F)cc1O.O=C(Cl)CCl.O=C1CNc2ccc(F)cc2OC1.O=Cc1ccc(F)cc1O.[AlH3].[H-].[Li+]. The smallest absolute Gasteiger partial charge is 1.00 e. The molecule has 0 bridgehead atoms. The van der Waals surface area contributed by atoms with Gasteiger partial charge in [-0.15, -0.1) is 11.6 Å². The van der Waals surface area contributed by atoms with Gasteiger partial charge in [-0.3, -0.25) is 24.0 Å². The number of fused-ring (bicyclic) bond motifs is 3. The second-order valence-electron chi connectivity index (χ2n) is 24.3. The van der Waals surface area contributed by atoms with Crippen molar-refractivity contribution in [2.75, 3.05) is 71.5 Å². The van der Waals surface area contributed by atoms with Gasteiger partial charge in [-0.2, -0.15) is 0 Å². The Kier molecular flexibility index (Phi) is 37.0.